The Hall–Kier alpha value is -1.57. The fourth-order valence-electron chi connectivity index (χ4n) is 2.34. The molecule has 1 aliphatic rings. The number of amides is 2. The molecule has 1 aliphatic carbocycles. The van der Waals surface area contributed by atoms with Crippen molar-refractivity contribution < 1.29 is 9.59 Å². The van der Waals surface area contributed by atoms with Crippen LogP contribution in [0.3, 0.4) is 0 Å². The van der Waals surface area contributed by atoms with Crippen molar-refractivity contribution in [3.8, 4) is 6.07 Å². The van der Waals surface area contributed by atoms with Crippen LogP contribution >= 0.6 is 0 Å². The van der Waals surface area contributed by atoms with E-state index in [2.05, 4.69) is 16.7 Å². The number of carbonyl (C=O) groups is 2. The van der Waals surface area contributed by atoms with E-state index in [1.165, 1.54) is 0 Å². The summed E-state index contributed by atoms with van der Waals surface area (Å²) in [6, 6.07) is 2.15. The highest BCUT2D eigenvalue weighted by Crippen LogP contribution is 2.35. The van der Waals surface area contributed by atoms with Crippen LogP contribution in [0.2, 0.25) is 0 Å². The van der Waals surface area contributed by atoms with Crippen molar-refractivity contribution in [2.45, 2.75) is 58.4 Å². The van der Waals surface area contributed by atoms with Gasteiger partial charge in [0.2, 0.25) is 11.8 Å². The molecule has 0 bridgehead atoms. The zero-order chi connectivity index (χ0) is 14.5. The van der Waals surface area contributed by atoms with Crippen molar-refractivity contribution in [2.75, 3.05) is 6.54 Å². The molecule has 0 unspecified atom stereocenters. The highest BCUT2D eigenvalue weighted by Gasteiger charge is 2.39. The van der Waals surface area contributed by atoms with E-state index in [0.29, 0.717) is 12.8 Å². The van der Waals surface area contributed by atoms with Crippen molar-refractivity contribution in [1.82, 2.24) is 10.6 Å². The van der Waals surface area contributed by atoms with Gasteiger partial charge in [-0.05, 0) is 33.6 Å². The quantitative estimate of drug-likeness (QED) is 0.811. The molecule has 5 nitrogen and oxygen atoms in total. The Morgan fingerprint density at radius 3 is 2.26 bits per heavy atom. The maximum atomic E-state index is 12.1. The van der Waals surface area contributed by atoms with E-state index in [1.54, 1.807) is 0 Å². The van der Waals surface area contributed by atoms with E-state index in [-0.39, 0.29) is 23.9 Å². The van der Waals surface area contributed by atoms with Gasteiger partial charge in [0.15, 0.2) is 0 Å². The Morgan fingerprint density at radius 1 is 1.21 bits per heavy atom. The van der Waals surface area contributed by atoms with Gasteiger partial charge in [0.05, 0.1) is 12.6 Å². The van der Waals surface area contributed by atoms with Crippen LogP contribution in [0.1, 0.15) is 52.9 Å². The average Bonchev–Trinajstić information content (AvgIpc) is 2.34. The molecule has 1 rings (SSSR count). The zero-order valence-electron chi connectivity index (χ0n) is 12.0. The maximum absolute atomic E-state index is 12.1. The number of nitrogens with zero attached hydrogens (tertiary/aromatic N) is 1. The summed E-state index contributed by atoms with van der Waals surface area (Å²) < 4.78 is 0. The Bertz CT molecular complexity index is 384. The van der Waals surface area contributed by atoms with Crippen molar-refractivity contribution in [2.24, 2.45) is 5.41 Å². The summed E-state index contributed by atoms with van der Waals surface area (Å²) >= 11 is 0. The summed E-state index contributed by atoms with van der Waals surface area (Å²) in [5, 5.41) is 14.6. The van der Waals surface area contributed by atoms with Crippen LogP contribution in [0.5, 0.6) is 0 Å². The second-order valence-corrected chi connectivity index (χ2v) is 6.24. The summed E-state index contributed by atoms with van der Waals surface area (Å²) in [4.78, 5) is 23.7. The van der Waals surface area contributed by atoms with Crippen LogP contribution in [0.15, 0.2) is 0 Å². The second-order valence-electron chi connectivity index (χ2n) is 6.24. The number of carbonyl (C=O) groups excluding carboxylic acids is 2. The molecule has 0 saturated heterocycles. The van der Waals surface area contributed by atoms with Crippen LogP contribution in [0.4, 0.5) is 0 Å². The lowest BCUT2D eigenvalue weighted by Gasteiger charge is -2.29. The van der Waals surface area contributed by atoms with E-state index in [4.69, 9.17) is 0 Å². The first-order valence-corrected chi connectivity index (χ1v) is 6.80. The SMILES string of the molecule is CC(C)(C)NC(=O)CNC(=O)C1(C#N)CCCCC1. The standard InChI is InChI=1S/C14H23N3O2/c1-13(2,3)17-11(18)9-16-12(19)14(10-15)7-5-4-6-8-14/h4-9H2,1-3H3,(H,16,19)(H,17,18). The molecule has 0 heterocycles. The molecule has 5 heteroatoms. The van der Waals surface area contributed by atoms with Crippen LogP contribution in [0, 0.1) is 16.7 Å². The predicted octanol–water partition coefficient (Wildman–Crippen LogP) is 1.49. The third kappa shape index (κ3) is 4.55. The van der Waals surface area contributed by atoms with E-state index < -0.39 is 5.41 Å². The minimum absolute atomic E-state index is 0.0699. The lowest BCUT2D eigenvalue weighted by molar-refractivity contribution is -0.132. The Balaban J connectivity index is 2.50. The van der Waals surface area contributed by atoms with Gasteiger partial charge in [-0.1, -0.05) is 19.3 Å². The first-order chi connectivity index (χ1) is 8.79. The number of hydrogen-bond donors (Lipinski definition) is 2. The normalized spacial score (nSPS) is 18.2. The first kappa shape index (κ1) is 15.5. The highest BCUT2D eigenvalue weighted by atomic mass is 16.2. The number of rotatable bonds is 3. The molecule has 1 fully saturated rings. The molecule has 106 valence electrons. The Kier molecular flexibility index (Phi) is 4.93. The van der Waals surface area contributed by atoms with Gasteiger partial charge < -0.3 is 10.6 Å². The molecule has 2 amide bonds. The first-order valence-electron chi connectivity index (χ1n) is 6.80. The van der Waals surface area contributed by atoms with Crippen LogP contribution in [0.25, 0.3) is 0 Å². The van der Waals surface area contributed by atoms with E-state index in [9.17, 15) is 14.9 Å². The molecule has 0 radical (unpaired) electrons. The van der Waals surface area contributed by atoms with E-state index >= 15 is 0 Å². The molecule has 0 aliphatic heterocycles. The minimum atomic E-state index is -0.930. The Labute approximate surface area is 114 Å². The molecule has 0 spiro atoms. The summed E-state index contributed by atoms with van der Waals surface area (Å²) in [5.74, 6) is -0.538. The van der Waals surface area contributed by atoms with Gasteiger partial charge in [0.1, 0.15) is 5.41 Å². The highest BCUT2D eigenvalue weighted by molar-refractivity contribution is 5.89. The van der Waals surface area contributed by atoms with Gasteiger partial charge in [-0.2, -0.15) is 5.26 Å². The molecule has 0 aromatic heterocycles. The predicted molar refractivity (Wildman–Crippen MR) is 72.0 cm³/mol. The summed E-state index contributed by atoms with van der Waals surface area (Å²) in [6.07, 6.45) is 4.05. The molecule has 19 heavy (non-hydrogen) atoms. The van der Waals surface area contributed by atoms with Crippen molar-refractivity contribution in [3.05, 3.63) is 0 Å². The van der Waals surface area contributed by atoms with Crippen LogP contribution in [-0.4, -0.2) is 23.9 Å². The van der Waals surface area contributed by atoms with E-state index in [0.717, 1.165) is 19.3 Å². The van der Waals surface area contributed by atoms with Crippen molar-refractivity contribution in [1.29, 1.82) is 5.26 Å². The number of hydrogen-bond acceptors (Lipinski definition) is 3. The maximum Gasteiger partial charge on any atom is 0.240 e. The topological polar surface area (TPSA) is 82.0 Å². The van der Waals surface area contributed by atoms with E-state index in [1.807, 2.05) is 20.8 Å². The monoisotopic (exact) mass is 265 g/mol. The van der Waals surface area contributed by atoms with Gasteiger partial charge in [0, 0.05) is 5.54 Å². The van der Waals surface area contributed by atoms with Crippen molar-refractivity contribution in [3.63, 3.8) is 0 Å². The summed E-state index contributed by atoms with van der Waals surface area (Å²) in [7, 11) is 0. The lowest BCUT2D eigenvalue weighted by Crippen LogP contribution is -2.49. The zero-order valence-corrected chi connectivity index (χ0v) is 12.0. The molecule has 2 N–H and O–H groups in total. The Morgan fingerprint density at radius 2 is 1.79 bits per heavy atom. The molecule has 0 atom stereocenters. The van der Waals surface area contributed by atoms with Gasteiger partial charge in [0.25, 0.3) is 0 Å². The number of nitriles is 1. The van der Waals surface area contributed by atoms with Crippen LogP contribution in [-0.2, 0) is 9.59 Å². The average molecular weight is 265 g/mol. The fraction of sp³-hybridized carbons (Fsp3) is 0.786. The smallest absolute Gasteiger partial charge is 0.240 e. The fourth-order valence-corrected chi connectivity index (χ4v) is 2.34. The molecular formula is C14H23N3O2. The van der Waals surface area contributed by atoms with Gasteiger partial charge >= 0.3 is 0 Å². The molecule has 1 saturated carbocycles. The summed E-state index contributed by atoms with van der Waals surface area (Å²) in [5.41, 5.74) is -1.25. The lowest BCUT2D eigenvalue weighted by atomic mass is 9.74. The van der Waals surface area contributed by atoms with Gasteiger partial charge in [-0.25, -0.2) is 0 Å². The van der Waals surface area contributed by atoms with Gasteiger partial charge in [-0.15, -0.1) is 0 Å². The van der Waals surface area contributed by atoms with Crippen LogP contribution < -0.4 is 10.6 Å². The second kappa shape index (κ2) is 6.05. The molecule has 0 aromatic rings. The molecular weight excluding hydrogens is 242 g/mol. The largest absolute Gasteiger partial charge is 0.350 e. The number of nitrogens with one attached hydrogen (secondary N) is 2. The molecule has 0 aromatic carbocycles. The van der Waals surface area contributed by atoms with Gasteiger partial charge in [-0.3, -0.25) is 9.59 Å². The third-order valence-corrected chi connectivity index (χ3v) is 3.28. The summed E-state index contributed by atoms with van der Waals surface area (Å²) in [6.45, 7) is 5.57. The van der Waals surface area contributed by atoms with Crippen molar-refractivity contribution >= 4 is 11.8 Å². The third-order valence-electron chi connectivity index (χ3n) is 3.28. The minimum Gasteiger partial charge on any atom is -0.350 e.